The lowest BCUT2D eigenvalue weighted by atomic mass is 9.86. The molecule has 0 fully saturated rings. The molecule has 2 atom stereocenters. The number of sulfone groups is 1. The monoisotopic (exact) mass is 617 g/mol. The molecule has 0 bridgehead atoms. The van der Waals surface area contributed by atoms with Gasteiger partial charge in [-0.1, -0.05) is 11.6 Å². The Morgan fingerprint density at radius 2 is 1.69 bits per heavy atom. The molecule has 3 rings (SSSR count). The number of phenolic OH excluding ortho intramolecular Hbond substituents is 2. The molecule has 1 aliphatic rings. The molecule has 0 saturated heterocycles. The number of ketones is 2. The zero-order valence-electron chi connectivity index (χ0n) is 23.6. The number of ether oxygens (including phenoxy) is 2. The van der Waals surface area contributed by atoms with Crippen LogP contribution in [0.5, 0.6) is 17.2 Å². The summed E-state index contributed by atoms with van der Waals surface area (Å²) in [6.45, 7) is 3.69. The molecule has 224 valence electrons. The van der Waals surface area contributed by atoms with Crippen molar-refractivity contribution in [2.24, 2.45) is 0 Å². The van der Waals surface area contributed by atoms with Crippen molar-refractivity contribution in [3.8, 4) is 17.2 Å². The third kappa shape index (κ3) is 7.21. The highest BCUT2D eigenvalue weighted by Gasteiger charge is 2.35. The summed E-state index contributed by atoms with van der Waals surface area (Å²) >= 11 is 1.09. The number of rotatable bonds is 11. The Balaban J connectivity index is 1.93. The van der Waals surface area contributed by atoms with E-state index in [2.05, 4.69) is 5.32 Å². The van der Waals surface area contributed by atoms with Crippen LogP contribution in [0.25, 0.3) is 0 Å². The molecule has 1 aliphatic carbocycles. The molecule has 13 heteroatoms. The van der Waals surface area contributed by atoms with Crippen molar-refractivity contribution in [2.45, 2.75) is 36.5 Å². The fourth-order valence-electron chi connectivity index (χ4n) is 4.20. The topological polar surface area (TPSA) is 173 Å². The fourth-order valence-corrected chi connectivity index (χ4v) is 6.08. The normalized spacial score (nSPS) is 14.3. The molecule has 0 aliphatic heterocycles. The molecular formula is C29H31NO10S2. The maximum absolute atomic E-state index is 13.5. The quantitative estimate of drug-likeness (QED) is 0.192. The summed E-state index contributed by atoms with van der Waals surface area (Å²) in [7, 11) is -1.21. The van der Waals surface area contributed by atoms with Gasteiger partial charge in [-0.3, -0.25) is 14.4 Å². The van der Waals surface area contributed by atoms with E-state index in [1.165, 1.54) is 19.2 Å². The number of carbonyl (C=O) groups excluding carboxylic acids is 4. The predicted octanol–water partition coefficient (Wildman–Crippen LogP) is 3.25. The number of phenols is 2. The Bertz CT molecular complexity index is 1600. The van der Waals surface area contributed by atoms with Gasteiger partial charge in [-0.25, -0.2) is 13.2 Å². The molecule has 2 aromatic rings. The number of carbonyl (C=O) groups is 4. The van der Waals surface area contributed by atoms with Crippen LogP contribution in [0.4, 0.5) is 0 Å². The molecule has 0 heterocycles. The van der Waals surface area contributed by atoms with Gasteiger partial charge in [-0.15, -0.1) is 0 Å². The van der Waals surface area contributed by atoms with Crippen LogP contribution in [-0.2, 0) is 19.4 Å². The Morgan fingerprint density at radius 3 is 2.26 bits per heavy atom. The van der Waals surface area contributed by atoms with Gasteiger partial charge in [0.1, 0.15) is 23.3 Å². The lowest BCUT2D eigenvalue weighted by molar-refractivity contribution is -0.142. The first-order chi connectivity index (χ1) is 19.7. The third-order valence-corrected chi connectivity index (χ3v) is 8.85. The minimum Gasteiger partial charge on any atom is -0.507 e. The average molecular weight is 618 g/mol. The van der Waals surface area contributed by atoms with Crippen LogP contribution in [0.1, 0.15) is 51.3 Å². The lowest BCUT2D eigenvalue weighted by Gasteiger charge is -2.25. The van der Waals surface area contributed by atoms with Crippen LogP contribution in [0.15, 0.2) is 58.5 Å². The highest BCUT2D eigenvalue weighted by molar-refractivity contribution is 8.00. The molecular weight excluding hydrogens is 586 g/mol. The average Bonchev–Trinajstić information content (AvgIpc) is 2.94. The van der Waals surface area contributed by atoms with Gasteiger partial charge in [-0.2, -0.15) is 11.8 Å². The maximum atomic E-state index is 13.5. The van der Waals surface area contributed by atoms with E-state index in [1.54, 1.807) is 0 Å². The Kier molecular flexibility index (Phi) is 10.2. The van der Waals surface area contributed by atoms with Crippen LogP contribution >= 0.6 is 11.8 Å². The number of nitrogens with one attached hydrogen (secondary N) is 1. The summed E-state index contributed by atoms with van der Waals surface area (Å²) in [5.41, 5.74) is 0.249. The van der Waals surface area contributed by atoms with Crippen molar-refractivity contribution in [3.05, 3.63) is 70.3 Å². The minimum absolute atomic E-state index is 0.0494. The number of methoxy groups -OCH3 is 2. The summed E-state index contributed by atoms with van der Waals surface area (Å²) < 4.78 is 34.2. The van der Waals surface area contributed by atoms with E-state index in [4.69, 9.17) is 9.47 Å². The summed E-state index contributed by atoms with van der Waals surface area (Å²) in [6, 6.07) is 4.75. The van der Waals surface area contributed by atoms with Gasteiger partial charge in [0.25, 0.3) is 5.91 Å². The van der Waals surface area contributed by atoms with Crippen molar-refractivity contribution in [1.82, 2.24) is 5.32 Å². The fraction of sp³-hybridized carbons (Fsp3) is 0.310. The number of Topliss-reactive ketones (excluding diaryl/α,β-unsaturated/α-hetero) is 1. The van der Waals surface area contributed by atoms with Crippen molar-refractivity contribution in [3.63, 3.8) is 0 Å². The first kappa shape index (κ1) is 32.4. The SMILES string of the molecule is COC(=O)C(CS[C@H](CC=C(C)C)C1=CC(=O)c2c(O)ccc(O)c2C1=O)NC(=O)c1cc(S(C)(=O)=O)ccc1OC. The van der Waals surface area contributed by atoms with E-state index < -0.39 is 56.1 Å². The molecule has 1 unspecified atom stereocenters. The van der Waals surface area contributed by atoms with Gasteiger partial charge in [-0.05, 0) is 56.7 Å². The number of hydrogen-bond acceptors (Lipinski definition) is 11. The van der Waals surface area contributed by atoms with E-state index >= 15 is 0 Å². The second-order valence-electron chi connectivity index (χ2n) is 9.67. The Labute approximate surface area is 247 Å². The van der Waals surface area contributed by atoms with Crippen molar-refractivity contribution >= 4 is 45.0 Å². The van der Waals surface area contributed by atoms with Crippen molar-refractivity contribution in [1.29, 1.82) is 0 Å². The predicted molar refractivity (Wildman–Crippen MR) is 156 cm³/mol. The standard InChI is InChI=1S/C29H31NO10S2/c1-15(2)6-11-24(18-13-22(33)25-20(31)8-9-21(32)26(25)27(18)34)41-14-19(29(36)40-4)30-28(35)17-12-16(42(5,37)38)7-10-23(17)39-3/h6-10,12-13,19,24,31-32H,11,14H2,1-5H3,(H,30,35)/t19?,24-/m1/s1. The summed E-state index contributed by atoms with van der Waals surface area (Å²) in [5, 5.41) is 22.3. The highest BCUT2D eigenvalue weighted by atomic mass is 32.2. The van der Waals surface area contributed by atoms with Gasteiger partial charge in [0.05, 0.1) is 35.8 Å². The molecule has 0 saturated carbocycles. The zero-order chi connectivity index (χ0) is 31.4. The first-order valence-corrected chi connectivity index (χ1v) is 15.5. The maximum Gasteiger partial charge on any atom is 0.329 e. The number of esters is 1. The molecule has 42 heavy (non-hydrogen) atoms. The molecule has 0 spiro atoms. The van der Waals surface area contributed by atoms with Crippen LogP contribution in [0.3, 0.4) is 0 Å². The minimum atomic E-state index is -3.65. The smallest absolute Gasteiger partial charge is 0.329 e. The van der Waals surface area contributed by atoms with Crippen molar-refractivity contribution in [2.75, 3.05) is 26.2 Å². The van der Waals surface area contributed by atoms with E-state index in [-0.39, 0.29) is 45.1 Å². The van der Waals surface area contributed by atoms with E-state index in [9.17, 15) is 37.8 Å². The van der Waals surface area contributed by atoms with Crippen LogP contribution in [-0.4, -0.2) is 79.6 Å². The molecule has 2 aromatic carbocycles. The summed E-state index contributed by atoms with van der Waals surface area (Å²) in [4.78, 5) is 52.1. The first-order valence-electron chi connectivity index (χ1n) is 12.6. The van der Waals surface area contributed by atoms with E-state index in [1.807, 2.05) is 19.9 Å². The second kappa shape index (κ2) is 13.3. The molecule has 0 radical (unpaired) electrons. The van der Waals surface area contributed by atoms with Crippen LogP contribution in [0, 0.1) is 0 Å². The Hall–Kier alpha value is -4.10. The third-order valence-electron chi connectivity index (χ3n) is 6.37. The molecule has 0 aromatic heterocycles. The number of fused-ring (bicyclic) bond motifs is 1. The lowest BCUT2D eigenvalue weighted by Crippen LogP contribution is -2.44. The number of amides is 1. The van der Waals surface area contributed by atoms with Gasteiger partial charge in [0.2, 0.25) is 0 Å². The largest absolute Gasteiger partial charge is 0.507 e. The van der Waals surface area contributed by atoms with E-state index in [0.29, 0.717) is 0 Å². The molecule has 1 amide bonds. The second-order valence-corrected chi connectivity index (χ2v) is 12.9. The number of benzene rings is 2. The number of allylic oxidation sites excluding steroid dienone is 3. The molecule has 11 nitrogen and oxygen atoms in total. The van der Waals surface area contributed by atoms with Gasteiger partial charge >= 0.3 is 5.97 Å². The zero-order valence-corrected chi connectivity index (χ0v) is 25.2. The van der Waals surface area contributed by atoms with Gasteiger partial charge < -0.3 is 25.0 Å². The van der Waals surface area contributed by atoms with E-state index in [0.717, 1.165) is 55.0 Å². The number of hydrogen-bond donors (Lipinski definition) is 3. The van der Waals surface area contributed by atoms with Crippen LogP contribution in [0.2, 0.25) is 0 Å². The molecule has 3 N–H and O–H groups in total. The Morgan fingerprint density at radius 1 is 1.05 bits per heavy atom. The summed E-state index contributed by atoms with van der Waals surface area (Å²) in [6.07, 6.45) is 4.19. The number of aromatic hydroxyl groups is 2. The van der Waals surface area contributed by atoms with Gasteiger partial charge in [0.15, 0.2) is 21.4 Å². The highest BCUT2D eigenvalue weighted by Crippen LogP contribution is 2.38. The number of thioether (sulfide) groups is 1. The van der Waals surface area contributed by atoms with Gasteiger partial charge in [0, 0.05) is 22.8 Å². The van der Waals surface area contributed by atoms with Crippen LogP contribution < -0.4 is 10.1 Å². The summed E-state index contributed by atoms with van der Waals surface area (Å²) in [5.74, 6) is -3.84. The van der Waals surface area contributed by atoms with Crippen molar-refractivity contribution < 1.29 is 47.3 Å².